The number of carbonyl (C=O) groups excluding carboxylic acids is 2. The summed E-state index contributed by atoms with van der Waals surface area (Å²) in [4.78, 5) is 30.0. The van der Waals surface area contributed by atoms with Crippen LogP contribution in [0, 0.1) is 0 Å². The number of nitrogens with zero attached hydrogens (tertiary/aromatic N) is 2. The molecule has 1 atom stereocenters. The maximum absolute atomic E-state index is 13.0. The predicted octanol–water partition coefficient (Wildman–Crippen LogP) is 5.76. The first-order chi connectivity index (χ1) is 16.0. The van der Waals surface area contributed by atoms with Crippen molar-refractivity contribution >= 4 is 33.4 Å². The van der Waals surface area contributed by atoms with Crippen LogP contribution in [0.2, 0.25) is 0 Å². The van der Waals surface area contributed by atoms with E-state index >= 15 is 0 Å². The van der Waals surface area contributed by atoms with Crippen LogP contribution in [0.1, 0.15) is 63.3 Å². The van der Waals surface area contributed by atoms with Crippen LogP contribution in [0.4, 0.5) is 0 Å². The van der Waals surface area contributed by atoms with Crippen molar-refractivity contribution in [1.82, 2.24) is 9.80 Å². The number of Topliss-reactive ketones (excluding diaryl/α,β-unsaturated/α-hetero) is 1. The highest BCUT2D eigenvalue weighted by atomic mass is 79.9. The number of halogens is 1. The molecule has 1 amide bonds. The molecule has 1 saturated heterocycles. The third kappa shape index (κ3) is 6.15. The Morgan fingerprint density at radius 3 is 2.24 bits per heavy atom. The maximum Gasteiger partial charge on any atom is 0.295 e. The standard InChI is InChI=1S/C26H33BrN2O4/c1-3-5-14-28(15-6-4-2)16-8-17-29-23(21-9-7-18-33-21)22(25(31)26(29)32)24(30)19-10-12-20(27)13-11-19/h7,9-13,18,23,30H,3-6,8,14-17H2,1-2H3/t23-/m1/s1. The summed E-state index contributed by atoms with van der Waals surface area (Å²) in [5.41, 5.74) is 0.559. The molecule has 178 valence electrons. The van der Waals surface area contributed by atoms with Crippen molar-refractivity contribution in [2.75, 3.05) is 26.2 Å². The average molecular weight is 517 g/mol. The topological polar surface area (TPSA) is 74.0 Å². The fourth-order valence-electron chi connectivity index (χ4n) is 4.18. The number of hydrogen-bond donors (Lipinski definition) is 1. The van der Waals surface area contributed by atoms with E-state index in [1.165, 1.54) is 6.26 Å². The summed E-state index contributed by atoms with van der Waals surface area (Å²) in [5, 5.41) is 11.0. The van der Waals surface area contributed by atoms with E-state index in [-0.39, 0.29) is 11.3 Å². The van der Waals surface area contributed by atoms with Gasteiger partial charge in [0.25, 0.3) is 11.7 Å². The number of hydrogen-bond acceptors (Lipinski definition) is 5. The fraction of sp³-hybridized carbons (Fsp3) is 0.462. The number of amides is 1. The van der Waals surface area contributed by atoms with Crippen molar-refractivity contribution in [2.45, 2.75) is 52.0 Å². The van der Waals surface area contributed by atoms with Crippen LogP contribution in [0.15, 0.2) is 57.1 Å². The maximum atomic E-state index is 13.0. The largest absolute Gasteiger partial charge is 0.507 e. The highest BCUT2D eigenvalue weighted by Gasteiger charge is 2.47. The Morgan fingerprint density at radius 2 is 1.67 bits per heavy atom. The van der Waals surface area contributed by atoms with Crippen LogP contribution < -0.4 is 0 Å². The van der Waals surface area contributed by atoms with Crippen LogP contribution in [0.25, 0.3) is 5.76 Å². The van der Waals surface area contributed by atoms with Crippen LogP contribution in [-0.2, 0) is 9.59 Å². The number of likely N-dealkylation sites (tertiary alicyclic amines) is 1. The van der Waals surface area contributed by atoms with E-state index in [9.17, 15) is 14.7 Å². The summed E-state index contributed by atoms with van der Waals surface area (Å²) in [6.45, 7) is 7.74. The van der Waals surface area contributed by atoms with Gasteiger partial charge in [0.05, 0.1) is 11.8 Å². The lowest BCUT2D eigenvalue weighted by Crippen LogP contribution is -2.34. The van der Waals surface area contributed by atoms with Gasteiger partial charge in [0.15, 0.2) is 0 Å². The first-order valence-corrected chi connectivity index (χ1v) is 12.6. The van der Waals surface area contributed by atoms with Gasteiger partial charge in [-0.1, -0.05) is 54.8 Å². The van der Waals surface area contributed by atoms with Gasteiger partial charge < -0.3 is 19.3 Å². The minimum Gasteiger partial charge on any atom is -0.507 e. The number of rotatable bonds is 12. The zero-order valence-corrected chi connectivity index (χ0v) is 21.0. The second kappa shape index (κ2) is 12.2. The van der Waals surface area contributed by atoms with Gasteiger partial charge in [-0.15, -0.1) is 0 Å². The minimum atomic E-state index is -0.733. The van der Waals surface area contributed by atoms with E-state index in [0.29, 0.717) is 17.9 Å². The highest BCUT2D eigenvalue weighted by molar-refractivity contribution is 9.10. The Hall–Kier alpha value is -2.38. The number of ketones is 1. The molecule has 1 aromatic carbocycles. The number of carbonyl (C=O) groups is 2. The van der Waals surface area contributed by atoms with E-state index in [0.717, 1.165) is 56.2 Å². The summed E-state index contributed by atoms with van der Waals surface area (Å²) in [5.74, 6) is -0.978. The molecule has 1 aromatic heterocycles. The van der Waals surface area contributed by atoms with Gasteiger partial charge in [-0.3, -0.25) is 9.59 Å². The molecule has 0 unspecified atom stereocenters. The monoisotopic (exact) mass is 516 g/mol. The van der Waals surface area contributed by atoms with Crippen molar-refractivity contribution < 1.29 is 19.1 Å². The van der Waals surface area contributed by atoms with Gasteiger partial charge >= 0.3 is 0 Å². The molecule has 0 aliphatic carbocycles. The molecule has 1 aliphatic rings. The predicted molar refractivity (Wildman–Crippen MR) is 133 cm³/mol. The van der Waals surface area contributed by atoms with Crippen molar-refractivity contribution in [1.29, 1.82) is 0 Å². The van der Waals surface area contributed by atoms with Gasteiger partial charge in [0, 0.05) is 16.6 Å². The summed E-state index contributed by atoms with van der Waals surface area (Å²) in [6, 6.07) is 9.74. The average Bonchev–Trinajstić information content (AvgIpc) is 3.43. The zero-order valence-electron chi connectivity index (χ0n) is 19.4. The quantitative estimate of drug-likeness (QED) is 0.220. The van der Waals surface area contributed by atoms with Crippen molar-refractivity contribution in [3.05, 3.63) is 64.0 Å². The molecule has 0 spiro atoms. The van der Waals surface area contributed by atoms with E-state index in [2.05, 4.69) is 34.7 Å². The molecule has 0 saturated carbocycles. The molecule has 3 rings (SSSR count). The first kappa shape index (κ1) is 25.2. The summed E-state index contributed by atoms with van der Waals surface area (Å²) in [6.07, 6.45) is 6.85. The zero-order chi connectivity index (χ0) is 23.8. The Labute approximate surface area is 204 Å². The van der Waals surface area contributed by atoms with Gasteiger partial charge in [-0.25, -0.2) is 0 Å². The molecule has 2 aromatic rings. The Balaban J connectivity index is 1.83. The van der Waals surface area contributed by atoms with Crippen LogP contribution in [0.3, 0.4) is 0 Å². The lowest BCUT2D eigenvalue weighted by molar-refractivity contribution is -0.140. The number of furan rings is 1. The normalized spacial score (nSPS) is 17.9. The Kier molecular flexibility index (Phi) is 9.32. The third-order valence-corrected chi connectivity index (χ3v) is 6.53. The smallest absolute Gasteiger partial charge is 0.295 e. The number of aliphatic hydroxyl groups is 1. The van der Waals surface area contributed by atoms with Gasteiger partial charge in [0.2, 0.25) is 0 Å². The first-order valence-electron chi connectivity index (χ1n) is 11.8. The van der Waals surface area contributed by atoms with Gasteiger partial charge in [-0.05, 0) is 63.2 Å². The number of aliphatic hydroxyl groups excluding tert-OH is 1. The van der Waals surface area contributed by atoms with E-state index in [4.69, 9.17) is 4.42 Å². The SMILES string of the molecule is CCCCN(CCCC)CCCN1C(=O)C(=O)C(=C(O)c2ccc(Br)cc2)[C@H]1c1ccco1. The highest BCUT2D eigenvalue weighted by Crippen LogP contribution is 2.39. The second-order valence-electron chi connectivity index (χ2n) is 8.42. The van der Waals surface area contributed by atoms with E-state index < -0.39 is 17.7 Å². The number of unbranched alkanes of at least 4 members (excludes halogenated alkanes) is 2. The lowest BCUT2D eigenvalue weighted by atomic mass is 9.99. The second-order valence-corrected chi connectivity index (χ2v) is 9.33. The van der Waals surface area contributed by atoms with Crippen LogP contribution in [0.5, 0.6) is 0 Å². The minimum absolute atomic E-state index is 0.0751. The lowest BCUT2D eigenvalue weighted by Gasteiger charge is -2.26. The molecular weight excluding hydrogens is 484 g/mol. The van der Waals surface area contributed by atoms with Crippen molar-refractivity contribution in [3.8, 4) is 0 Å². The molecule has 1 fully saturated rings. The van der Waals surface area contributed by atoms with Crippen molar-refractivity contribution in [2.24, 2.45) is 0 Å². The Bertz CT molecular complexity index is 945. The molecule has 6 nitrogen and oxygen atoms in total. The summed E-state index contributed by atoms with van der Waals surface area (Å²) in [7, 11) is 0. The molecule has 0 radical (unpaired) electrons. The summed E-state index contributed by atoms with van der Waals surface area (Å²) >= 11 is 3.38. The van der Waals surface area contributed by atoms with Gasteiger partial charge in [0.1, 0.15) is 17.6 Å². The molecule has 1 N–H and O–H groups in total. The molecular formula is C26H33BrN2O4. The molecule has 2 heterocycles. The molecule has 7 heteroatoms. The van der Waals surface area contributed by atoms with E-state index in [1.54, 1.807) is 41.3 Å². The summed E-state index contributed by atoms with van der Waals surface area (Å²) < 4.78 is 6.46. The molecule has 33 heavy (non-hydrogen) atoms. The Morgan fingerprint density at radius 1 is 1.03 bits per heavy atom. The third-order valence-electron chi connectivity index (χ3n) is 6.00. The van der Waals surface area contributed by atoms with Gasteiger partial charge in [-0.2, -0.15) is 0 Å². The molecule has 1 aliphatic heterocycles. The number of benzene rings is 1. The van der Waals surface area contributed by atoms with E-state index in [1.807, 2.05) is 0 Å². The molecule has 0 bridgehead atoms. The van der Waals surface area contributed by atoms with Crippen LogP contribution >= 0.6 is 15.9 Å². The fourth-order valence-corrected chi connectivity index (χ4v) is 4.44. The van der Waals surface area contributed by atoms with Crippen molar-refractivity contribution in [3.63, 3.8) is 0 Å². The van der Waals surface area contributed by atoms with Crippen LogP contribution in [-0.4, -0.2) is 52.8 Å².